The number of benzene rings is 1. The Hall–Kier alpha value is -3.16. The number of nitrogens with one attached hydrogen (secondary N) is 2. The van der Waals surface area contributed by atoms with Crippen LogP contribution in [0.3, 0.4) is 0 Å². The van der Waals surface area contributed by atoms with Crippen molar-refractivity contribution in [3.63, 3.8) is 0 Å². The second kappa shape index (κ2) is 10.2. The van der Waals surface area contributed by atoms with E-state index in [1.165, 1.54) is 11.3 Å². The number of aliphatic carboxylic acids is 1. The number of rotatable bonds is 8. The molecule has 0 aromatic heterocycles. The van der Waals surface area contributed by atoms with E-state index >= 15 is 0 Å². The molecular formula is C20H26N4O4. The van der Waals surface area contributed by atoms with Gasteiger partial charge in [0.15, 0.2) is 0 Å². The maximum atomic E-state index is 12.4. The van der Waals surface area contributed by atoms with Crippen LogP contribution in [0.15, 0.2) is 36.4 Å². The summed E-state index contributed by atoms with van der Waals surface area (Å²) in [4.78, 5) is 36.9. The minimum Gasteiger partial charge on any atom is -0.478 e. The summed E-state index contributed by atoms with van der Waals surface area (Å²) in [5.74, 6) is -1.81. The zero-order valence-electron chi connectivity index (χ0n) is 15.7. The number of amides is 2. The van der Waals surface area contributed by atoms with Gasteiger partial charge in [-0.2, -0.15) is 0 Å². The predicted molar refractivity (Wildman–Crippen MR) is 106 cm³/mol. The molecule has 150 valence electrons. The molecule has 1 aliphatic carbocycles. The number of nitrogen functional groups attached to an aromatic ring is 1. The van der Waals surface area contributed by atoms with E-state index in [4.69, 9.17) is 16.2 Å². The topological polar surface area (TPSA) is 137 Å². The lowest BCUT2D eigenvalue weighted by atomic mass is 9.89. The first-order valence-electron chi connectivity index (χ1n) is 9.29. The van der Waals surface area contributed by atoms with Gasteiger partial charge in [0, 0.05) is 29.9 Å². The lowest BCUT2D eigenvalue weighted by Gasteiger charge is -2.28. The molecule has 1 fully saturated rings. The maximum absolute atomic E-state index is 12.4. The zero-order valence-corrected chi connectivity index (χ0v) is 15.7. The van der Waals surface area contributed by atoms with Crippen LogP contribution in [0.25, 0.3) is 0 Å². The molecule has 0 saturated heterocycles. The van der Waals surface area contributed by atoms with Gasteiger partial charge in [0.2, 0.25) is 11.8 Å². The number of hydrogen-bond donors (Lipinski definition) is 4. The summed E-state index contributed by atoms with van der Waals surface area (Å²) in [6.45, 7) is 0.271. The number of carbonyl (C=O) groups is 3. The van der Waals surface area contributed by atoms with Crippen LogP contribution in [0.4, 0.5) is 5.69 Å². The van der Waals surface area contributed by atoms with Gasteiger partial charge >= 0.3 is 5.97 Å². The summed E-state index contributed by atoms with van der Waals surface area (Å²) in [6.07, 6.45) is 7.16. The molecule has 0 heterocycles. The molecule has 2 rings (SSSR count). The minimum absolute atomic E-state index is 0.0626. The van der Waals surface area contributed by atoms with Gasteiger partial charge < -0.3 is 21.1 Å². The Labute approximate surface area is 163 Å². The van der Waals surface area contributed by atoms with Crippen molar-refractivity contribution in [1.29, 1.82) is 5.41 Å². The van der Waals surface area contributed by atoms with Crippen molar-refractivity contribution < 1.29 is 19.5 Å². The average Bonchev–Trinajstić information content (AvgIpc) is 2.66. The SMILES string of the molecule is N=C(N)c1ccc(NC(=O)CN(CC2CCCCC2)C(=O)/C=C/C(=O)O)cc1. The Morgan fingerprint density at radius 1 is 1.14 bits per heavy atom. The van der Waals surface area contributed by atoms with Crippen molar-refractivity contribution in [2.24, 2.45) is 11.7 Å². The Morgan fingerprint density at radius 2 is 1.79 bits per heavy atom. The summed E-state index contributed by atoms with van der Waals surface area (Å²) < 4.78 is 0. The standard InChI is InChI=1S/C20H26N4O4/c21-20(22)15-6-8-16(9-7-15)23-17(25)13-24(18(26)10-11-19(27)28)12-14-4-2-1-3-5-14/h6-11,14H,1-5,12-13H2,(H3,21,22)(H,23,25)(H,27,28)/b11-10+. The van der Waals surface area contributed by atoms with Gasteiger partial charge in [-0.05, 0) is 43.0 Å². The average molecular weight is 386 g/mol. The van der Waals surface area contributed by atoms with Crippen LogP contribution < -0.4 is 11.1 Å². The number of anilines is 1. The number of amidine groups is 1. The second-order valence-corrected chi connectivity index (χ2v) is 6.93. The molecule has 1 aromatic rings. The van der Waals surface area contributed by atoms with Gasteiger partial charge in [-0.25, -0.2) is 4.79 Å². The fourth-order valence-electron chi connectivity index (χ4n) is 3.27. The van der Waals surface area contributed by atoms with Crippen LogP contribution in [-0.4, -0.2) is 46.7 Å². The zero-order chi connectivity index (χ0) is 20.5. The molecule has 0 bridgehead atoms. The summed E-state index contributed by atoms with van der Waals surface area (Å²) in [7, 11) is 0. The number of hydrogen-bond acceptors (Lipinski definition) is 4. The molecule has 1 saturated carbocycles. The summed E-state index contributed by atoms with van der Waals surface area (Å²) in [5.41, 5.74) is 6.48. The number of carbonyl (C=O) groups excluding carboxylic acids is 2. The molecular weight excluding hydrogens is 360 g/mol. The van der Waals surface area contributed by atoms with E-state index in [0.29, 0.717) is 23.7 Å². The molecule has 0 atom stereocenters. The van der Waals surface area contributed by atoms with E-state index in [2.05, 4.69) is 5.32 Å². The van der Waals surface area contributed by atoms with Crippen LogP contribution in [0.2, 0.25) is 0 Å². The van der Waals surface area contributed by atoms with Gasteiger partial charge in [0.25, 0.3) is 0 Å². The first-order valence-corrected chi connectivity index (χ1v) is 9.29. The summed E-state index contributed by atoms with van der Waals surface area (Å²) in [6, 6.07) is 6.51. The Bertz CT molecular complexity index is 752. The quantitative estimate of drug-likeness (QED) is 0.307. The number of nitrogens with zero attached hydrogens (tertiary/aromatic N) is 1. The van der Waals surface area contributed by atoms with E-state index in [9.17, 15) is 14.4 Å². The third-order valence-electron chi connectivity index (χ3n) is 4.70. The van der Waals surface area contributed by atoms with E-state index in [-0.39, 0.29) is 18.3 Å². The van der Waals surface area contributed by atoms with Gasteiger partial charge in [-0.3, -0.25) is 15.0 Å². The molecule has 5 N–H and O–H groups in total. The van der Waals surface area contributed by atoms with Crippen LogP contribution in [0, 0.1) is 11.3 Å². The van der Waals surface area contributed by atoms with E-state index in [0.717, 1.165) is 37.8 Å². The molecule has 0 aliphatic heterocycles. The van der Waals surface area contributed by atoms with Crippen LogP contribution in [-0.2, 0) is 14.4 Å². The van der Waals surface area contributed by atoms with Crippen molar-refractivity contribution in [3.05, 3.63) is 42.0 Å². The molecule has 8 heteroatoms. The van der Waals surface area contributed by atoms with E-state index < -0.39 is 11.9 Å². The number of nitrogens with two attached hydrogens (primary N) is 1. The van der Waals surface area contributed by atoms with Crippen molar-refractivity contribution in [2.45, 2.75) is 32.1 Å². The van der Waals surface area contributed by atoms with Crippen LogP contribution >= 0.6 is 0 Å². The smallest absolute Gasteiger partial charge is 0.328 e. The molecule has 2 amide bonds. The van der Waals surface area contributed by atoms with Crippen molar-refractivity contribution in [2.75, 3.05) is 18.4 Å². The van der Waals surface area contributed by atoms with Gasteiger partial charge in [-0.15, -0.1) is 0 Å². The van der Waals surface area contributed by atoms with Gasteiger partial charge in [0.05, 0.1) is 0 Å². The largest absolute Gasteiger partial charge is 0.478 e. The summed E-state index contributed by atoms with van der Waals surface area (Å²) in [5, 5.41) is 18.8. The highest BCUT2D eigenvalue weighted by Gasteiger charge is 2.22. The van der Waals surface area contributed by atoms with Crippen molar-refractivity contribution in [3.8, 4) is 0 Å². The molecule has 28 heavy (non-hydrogen) atoms. The minimum atomic E-state index is -1.21. The molecule has 8 nitrogen and oxygen atoms in total. The second-order valence-electron chi connectivity index (χ2n) is 6.93. The Kier molecular flexibility index (Phi) is 7.74. The molecule has 0 spiro atoms. The fourth-order valence-corrected chi connectivity index (χ4v) is 3.27. The monoisotopic (exact) mass is 386 g/mol. The third kappa shape index (κ3) is 6.86. The van der Waals surface area contributed by atoms with Crippen molar-refractivity contribution >= 4 is 29.3 Å². The highest BCUT2D eigenvalue weighted by atomic mass is 16.4. The van der Waals surface area contributed by atoms with Crippen LogP contribution in [0.1, 0.15) is 37.7 Å². The molecule has 0 radical (unpaired) electrons. The lowest BCUT2D eigenvalue weighted by Crippen LogP contribution is -2.40. The highest BCUT2D eigenvalue weighted by Crippen LogP contribution is 2.24. The van der Waals surface area contributed by atoms with Gasteiger partial charge in [-0.1, -0.05) is 19.3 Å². The fraction of sp³-hybridized carbons (Fsp3) is 0.400. The van der Waals surface area contributed by atoms with Crippen LogP contribution in [0.5, 0.6) is 0 Å². The Balaban J connectivity index is 2.02. The normalized spacial score (nSPS) is 14.6. The first kappa shape index (κ1) is 21.1. The van der Waals surface area contributed by atoms with Crippen molar-refractivity contribution in [1.82, 2.24) is 4.90 Å². The predicted octanol–water partition coefficient (Wildman–Crippen LogP) is 1.96. The first-order chi connectivity index (χ1) is 13.3. The van der Waals surface area contributed by atoms with E-state index in [1.54, 1.807) is 24.3 Å². The molecule has 1 aliphatic rings. The molecule has 0 unspecified atom stereocenters. The lowest BCUT2D eigenvalue weighted by molar-refractivity contribution is -0.133. The van der Waals surface area contributed by atoms with E-state index in [1.807, 2.05) is 0 Å². The number of carboxylic acids is 1. The summed E-state index contributed by atoms with van der Waals surface area (Å²) >= 11 is 0. The molecule has 1 aromatic carbocycles. The number of carboxylic acid groups (broad SMARTS) is 1. The Morgan fingerprint density at radius 3 is 2.36 bits per heavy atom. The third-order valence-corrected chi connectivity index (χ3v) is 4.70. The maximum Gasteiger partial charge on any atom is 0.328 e. The van der Waals surface area contributed by atoms with Gasteiger partial charge in [0.1, 0.15) is 12.4 Å². The highest BCUT2D eigenvalue weighted by molar-refractivity contribution is 5.99.